The van der Waals surface area contributed by atoms with Crippen molar-refractivity contribution in [3.05, 3.63) is 12.2 Å². The lowest BCUT2D eigenvalue weighted by Gasteiger charge is -2.38. The SMILES string of the molecule is CC(C)N(C(=O)O[C@H](/C=C/C(C)(C)CO[Si](C)(C)C(C)(C)C)[Si](C)(C)C)C(C)C. The number of hydrogen-bond acceptors (Lipinski definition) is 3. The minimum absolute atomic E-state index is 0.114. The van der Waals surface area contributed by atoms with Crippen molar-refractivity contribution >= 4 is 22.5 Å². The second-order valence-electron chi connectivity index (χ2n) is 12.2. The molecule has 0 saturated heterocycles. The summed E-state index contributed by atoms with van der Waals surface area (Å²) in [4.78, 5) is 14.7. The molecule has 0 bridgehead atoms. The standard InChI is InChI=1S/C23H49NO3Si2/c1-18(2)24(19(3)4)21(25)27-20(28(10,11)12)15-16-23(8,9)17-26-29(13,14)22(5,6)7/h15-16,18-20H,17H2,1-14H3/b16-15+/t20-/m0/s1. The van der Waals surface area contributed by atoms with Crippen LogP contribution >= 0.6 is 0 Å². The molecular weight excluding hydrogens is 394 g/mol. The average Bonchev–Trinajstić information content (AvgIpc) is 2.46. The topological polar surface area (TPSA) is 38.8 Å². The highest BCUT2D eigenvalue weighted by Crippen LogP contribution is 2.37. The molecule has 0 saturated carbocycles. The number of hydrogen-bond donors (Lipinski definition) is 0. The average molecular weight is 444 g/mol. The molecule has 172 valence electrons. The van der Waals surface area contributed by atoms with Gasteiger partial charge in [0, 0.05) is 24.1 Å². The molecule has 0 aromatic heterocycles. The highest BCUT2D eigenvalue weighted by atomic mass is 28.4. The molecule has 0 fully saturated rings. The number of carbonyl (C=O) groups excluding carboxylic acids is 1. The van der Waals surface area contributed by atoms with E-state index >= 15 is 0 Å². The van der Waals surface area contributed by atoms with Gasteiger partial charge < -0.3 is 14.1 Å². The van der Waals surface area contributed by atoms with Crippen LogP contribution in [0.2, 0.25) is 37.8 Å². The van der Waals surface area contributed by atoms with E-state index in [1.807, 2.05) is 32.6 Å². The van der Waals surface area contributed by atoms with Gasteiger partial charge in [-0.3, -0.25) is 0 Å². The third kappa shape index (κ3) is 9.39. The van der Waals surface area contributed by atoms with Gasteiger partial charge in [-0.1, -0.05) is 66.4 Å². The first-order chi connectivity index (χ1) is 12.7. The van der Waals surface area contributed by atoms with Crippen LogP contribution in [0.15, 0.2) is 12.2 Å². The van der Waals surface area contributed by atoms with E-state index in [0.29, 0.717) is 6.61 Å². The van der Waals surface area contributed by atoms with E-state index < -0.39 is 16.4 Å². The highest BCUT2D eigenvalue weighted by Gasteiger charge is 2.38. The summed E-state index contributed by atoms with van der Waals surface area (Å²) < 4.78 is 12.5. The van der Waals surface area contributed by atoms with Crippen molar-refractivity contribution in [2.45, 2.75) is 118 Å². The summed E-state index contributed by atoms with van der Waals surface area (Å²) in [6.45, 7) is 31.2. The summed E-state index contributed by atoms with van der Waals surface area (Å²) in [5.41, 5.74) is -0.280. The first-order valence-corrected chi connectivity index (χ1v) is 17.5. The van der Waals surface area contributed by atoms with Gasteiger partial charge in [-0.2, -0.15) is 0 Å². The fraction of sp³-hybridized carbons (Fsp3) is 0.870. The lowest BCUT2D eigenvalue weighted by molar-refractivity contribution is 0.0763. The molecule has 0 aliphatic rings. The molecule has 0 aromatic carbocycles. The van der Waals surface area contributed by atoms with Crippen LogP contribution in [0.5, 0.6) is 0 Å². The lowest BCUT2D eigenvalue weighted by Crippen LogP contribution is -2.48. The van der Waals surface area contributed by atoms with Crippen LogP contribution in [0.4, 0.5) is 4.79 Å². The van der Waals surface area contributed by atoms with E-state index in [9.17, 15) is 4.79 Å². The van der Waals surface area contributed by atoms with Gasteiger partial charge in [0.05, 0.1) is 8.07 Å². The van der Waals surface area contributed by atoms with E-state index in [-0.39, 0.29) is 34.4 Å². The third-order valence-electron chi connectivity index (χ3n) is 5.74. The van der Waals surface area contributed by atoms with Gasteiger partial charge in [0.25, 0.3) is 0 Å². The molecule has 1 amide bonds. The predicted octanol–water partition coefficient (Wildman–Crippen LogP) is 7.09. The molecule has 0 unspecified atom stereocenters. The van der Waals surface area contributed by atoms with Crippen molar-refractivity contribution in [2.24, 2.45) is 5.41 Å². The van der Waals surface area contributed by atoms with Crippen LogP contribution in [0.25, 0.3) is 0 Å². The zero-order chi connectivity index (χ0) is 23.4. The summed E-state index contributed by atoms with van der Waals surface area (Å²) in [7, 11) is -3.53. The first-order valence-electron chi connectivity index (χ1n) is 11.0. The Hall–Kier alpha value is -0.596. The Balaban J connectivity index is 5.38. The van der Waals surface area contributed by atoms with Gasteiger partial charge in [-0.15, -0.1) is 0 Å². The van der Waals surface area contributed by atoms with Crippen molar-refractivity contribution in [1.29, 1.82) is 0 Å². The number of ether oxygens (including phenoxy) is 1. The predicted molar refractivity (Wildman–Crippen MR) is 132 cm³/mol. The molecule has 4 nitrogen and oxygen atoms in total. The minimum Gasteiger partial charge on any atom is -0.446 e. The van der Waals surface area contributed by atoms with E-state index in [2.05, 4.69) is 79.5 Å². The van der Waals surface area contributed by atoms with E-state index in [1.165, 1.54) is 0 Å². The van der Waals surface area contributed by atoms with Gasteiger partial charge in [-0.05, 0) is 45.8 Å². The smallest absolute Gasteiger partial charge is 0.410 e. The maximum atomic E-state index is 12.8. The van der Waals surface area contributed by atoms with Gasteiger partial charge >= 0.3 is 6.09 Å². The van der Waals surface area contributed by atoms with Crippen molar-refractivity contribution in [2.75, 3.05) is 6.61 Å². The third-order valence-corrected chi connectivity index (χ3v) is 12.2. The first kappa shape index (κ1) is 28.4. The quantitative estimate of drug-likeness (QED) is 0.282. The molecule has 0 N–H and O–H groups in total. The highest BCUT2D eigenvalue weighted by molar-refractivity contribution is 6.78. The summed E-state index contributed by atoms with van der Waals surface area (Å²) in [6.07, 6.45) is 4.08. The van der Waals surface area contributed by atoms with E-state index in [4.69, 9.17) is 9.16 Å². The molecule has 0 aliphatic heterocycles. The maximum absolute atomic E-state index is 12.8. The second kappa shape index (κ2) is 10.1. The van der Waals surface area contributed by atoms with Crippen LogP contribution in [0, 0.1) is 5.41 Å². The monoisotopic (exact) mass is 443 g/mol. The summed E-state index contributed by atoms with van der Waals surface area (Å²) in [5.74, 6) is 0. The van der Waals surface area contributed by atoms with Crippen molar-refractivity contribution in [3.8, 4) is 0 Å². The van der Waals surface area contributed by atoms with Crippen molar-refractivity contribution in [1.82, 2.24) is 4.90 Å². The number of amides is 1. The Labute approximate surface area is 183 Å². The molecule has 1 atom stereocenters. The molecule has 0 aliphatic carbocycles. The fourth-order valence-electron chi connectivity index (χ4n) is 2.67. The normalized spacial score (nSPS) is 15.3. The number of nitrogens with zero attached hydrogens (tertiary/aromatic N) is 1. The molecule has 0 radical (unpaired) electrons. The Morgan fingerprint density at radius 3 is 1.72 bits per heavy atom. The summed E-state index contributed by atoms with van der Waals surface area (Å²) in [6, 6.07) is 0.228. The van der Waals surface area contributed by atoms with E-state index in [0.717, 1.165) is 0 Å². The second-order valence-corrected chi connectivity index (χ2v) is 22.3. The number of rotatable bonds is 9. The van der Waals surface area contributed by atoms with Crippen LogP contribution in [0.1, 0.15) is 62.3 Å². The Kier molecular flexibility index (Phi) is 9.93. The zero-order valence-electron chi connectivity index (χ0n) is 21.8. The fourth-order valence-corrected chi connectivity index (χ4v) is 4.96. The summed E-state index contributed by atoms with van der Waals surface area (Å²) in [5, 5.41) is 0.195. The molecular formula is C23H49NO3Si2. The Bertz CT molecular complexity index is 547. The molecule has 0 spiro atoms. The van der Waals surface area contributed by atoms with Crippen molar-refractivity contribution in [3.63, 3.8) is 0 Å². The molecule has 29 heavy (non-hydrogen) atoms. The Morgan fingerprint density at radius 2 is 1.38 bits per heavy atom. The van der Waals surface area contributed by atoms with Gasteiger partial charge in [0.15, 0.2) is 8.32 Å². The van der Waals surface area contributed by atoms with Crippen LogP contribution in [-0.4, -0.2) is 51.8 Å². The molecule has 0 aromatic rings. The molecule has 6 heteroatoms. The molecule has 0 heterocycles. The van der Waals surface area contributed by atoms with E-state index in [1.54, 1.807) is 0 Å². The van der Waals surface area contributed by atoms with Gasteiger partial charge in [0.2, 0.25) is 0 Å². The maximum Gasteiger partial charge on any atom is 0.410 e. The molecule has 0 rings (SSSR count). The summed E-state index contributed by atoms with van der Waals surface area (Å²) >= 11 is 0. The van der Waals surface area contributed by atoms with Crippen LogP contribution in [0.3, 0.4) is 0 Å². The van der Waals surface area contributed by atoms with Gasteiger partial charge in [0.1, 0.15) is 5.73 Å². The van der Waals surface area contributed by atoms with Crippen molar-refractivity contribution < 1.29 is 14.0 Å². The van der Waals surface area contributed by atoms with Crippen LogP contribution in [-0.2, 0) is 9.16 Å². The van der Waals surface area contributed by atoms with Crippen LogP contribution < -0.4 is 0 Å². The minimum atomic E-state index is -1.79. The Morgan fingerprint density at radius 1 is 0.931 bits per heavy atom. The lowest BCUT2D eigenvalue weighted by atomic mass is 9.94. The number of carbonyl (C=O) groups is 1. The largest absolute Gasteiger partial charge is 0.446 e. The zero-order valence-corrected chi connectivity index (χ0v) is 23.8. The van der Waals surface area contributed by atoms with Gasteiger partial charge in [-0.25, -0.2) is 4.79 Å².